The van der Waals surface area contributed by atoms with Crippen LogP contribution in [0.15, 0.2) is 24.3 Å². The average molecular weight is 499 g/mol. The molecule has 2 atom stereocenters. The van der Waals surface area contributed by atoms with E-state index in [-0.39, 0.29) is 18.2 Å². The number of alkyl halides is 3. The lowest BCUT2D eigenvalue weighted by Crippen LogP contribution is -2.40. The average Bonchev–Trinajstić information content (AvgIpc) is 3.11. The number of nitrogens with zero attached hydrogens (tertiary/aromatic N) is 1. The Balaban J connectivity index is 1.89. The van der Waals surface area contributed by atoms with Crippen LogP contribution < -0.4 is 10.6 Å². The Bertz CT molecular complexity index is 776. The molecule has 0 aliphatic carbocycles. The summed E-state index contributed by atoms with van der Waals surface area (Å²) in [7, 11) is 1.20. The normalized spacial score (nSPS) is 16.9. The van der Waals surface area contributed by atoms with Gasteiger partial charge in [-0.05, 0) is 23.4 Å². The van der Waals surface area contributed by atoms with E-state index in [0.717, 1.165) is 28.7 Å². The molecule has 0 saturated carbocycles. The molecule has 2 rings (SSSR count). The van der Waals surface area contributed by atoms with Gasteiger partial charge in [0, 0.05) is 30.3 Å². The van der Waals surface area contributed by atoms with Crippen LogP contribution in [0, 0.1) is 5.21 Å². The van der Waals surface area contributed by atoms with Gasteiger partial charge in [-0.25, -0.2) is 14.3 Å². The van der Waals surface area contributed by atoms with Gasteiger partial charge in [-0.3, -0.25) is 0 Å². The summed E-state index contributed by atoms with van der Waals surface area (Å²) in [6.07, 6.45) is 1.20. The van der Waals surface area contributed by atoms with Gasteiger partial charge in [0.05, 0.1) is 7.11 Å². The standard InChI is InChI=1S/C18H22Cl3N3O5S/c1-28-16(25)23-13(10-30-17(26)29-11-18(19,20)21)9-24(27)7-6-12-8-22-15-5-3-2-4-14(12)15/h2-5,9,12-13,22H,6-8,10-11H2,1H3,(H,23,25)/b24-9-/t12?,13-/m1/s1. The highest BCUT2D eigenvalue weighted by molar-refractivity contribution is 8.13. The maximum absolute atomic E-state index is 12.4. The predicted molar refractivity (Wildman–Crippen MR) is 120 cm³/mol. The first-order chi connectivity index (χ1) is 14.2. The first-order valence-electron chi connectivity index (χ1n) is 9.00. The number of halogens is 3. The van der Waals surface area contributed by atoms with Gasteiger partial charge in [0.2, 0.25) is 3.79 Å². The van der Waals surface area contributed by atoms with E-state index in [1.807, 2.05) is 24.3 Å². The highest BCUT2D eigenvalue weighted by atomic mass is 35.6. The van der Waals surface area contributed by atoms with E-state index in [1.54, 1.807) is 0 Å². The van der Waals surface area contributed by atoms with Crippen molar-refractivity contribution >= 4 is 69.9 Å². The molecule has 1 aromatic rings. The van der Waals surface area contributed by atoms with E-state index in [2.05, 4.69) is 15.4 Å². The van der Waals surface area contributed by atoms with Crippen molar-refractivity contribution in [2.75, 3.05) is 37.9 Å². The maximum Gasteiger partial charge on any atom is 0.407 e. The summed E-state index contributed by atoms with van der Waals surface area (Å²) in [6, 6.07) is 7.22. The number of methoxy groups -OCH3 is 1. The van der Waals surface area contributed by atoms with Crippen molar-refractivity contribution in [3.63, 3.8) is 0 Å². The van der Waals surface area contributed by atoms with Crippen LogP contribution in [0.4, 0.5) is 15.3 Å². The van der Waals surface area contributed by atoms with Crippen LogP contribution in [0.3, 0.4) is 0 Å². The van der Waals surface area contributed by atoms with Crippen LogP contribution in [0.5, 0.6) is 0 Å². The van der Waals surface area contributed by atoms with E-state index < -0.39 is 27.8 Å². The summed E-state index contributed by atoms with van der Waals surface area (Å²) in [5.74, 6) is 0.268. The molecular formula is C18H22Cl3N3O5S. The molecule has 30 heavy (non-hydrogen) atoms. The smallest absolute Gasteiger partial charge is 0.407 e. The summed E-state index contributed by atoms with van der Waals surface area (Å²) in [5, 5.41) is 17.5. The number of benzene rings is 1. The van der Waals surface area contributed by atoms with Crippen molar-refractivity contribution in [3.8, 4) is 0 Å². The topological polar surface area (TPSA) is 103 Å². The number of thioether (sulfide) groups is 1. The number of hydroxylamine groups is 1. The summed E-state index contributed by atoms with van der Waals surface area (Å²) >= 11 is 17.3. The van der Waals surface area contributed by atoms with Crippen LogP contribution >= 0.6 is 46.6 Å². The van der Waals surface area contributed by atoms with Crippen LogP contribution in [0.2, 0.25) is 0 Å². The van der Waals surface area contributed by atoms with Gasteiger partial charge in [0.1, 0.15) is 12.6 Å². The zero-order valence-electron chi connectivity index (χ0n) is 16.1. The third-order valence-corrected chi connectivity index (χ3v) is 5.41. The van der Waals surface area contributed by atoms with Crippen LogP contribution in [0.25, 0.3) is 0 Å². The minimum absolute atomic E-state index is 0.0420. The second-order valence-corrected chi connectivity index (χ2v) is 9.92. The lowest BCUT2D eigenvalue weighted by Gasteiger charge is -2.15. The lowest BCUT2D eigenvalue weighted by atomic mass is 9.98. The fourth-order valence-electron chi connectivity index (χ4n) is 2.85. The first-order valence-corrected chi connectivity index (χ1v) is 11.1. The number of alkyl carbamates (subject to hydrolysis) is 1. The van der Waals surface area contributed by atoms with Gasteiger partial charge in [0.25, 0.3) is 0 Å². The van der Waals surface area contributed by atoms with Gasteiger partial charge in [-0.15, -0.1) is 0 Å². The number of ether oxygens (including phenoxy) is 2. The Morgan fingerprint density at radius 3 is 2.87 bits per heavy atom. The van der Waals surface area contributed by atoms with Crippen molar-refractivity contribution in [2.45, 2.75) is 22.2 Å². The molecule has 0 fully saturated rings. The molecule has 1 heterocycles. The molecule has 0 saturated heterocycles. The van der Waals surface area contributed by atoms with Crippen molar-refractivity contribution in [1.29, 1.82) is 0 Å². The van der Waals surface area contributed by atoms with E-state index in [1.165, 1.54) is 18.9 Å². The number of amides is 1. The third-order valence-electron chi connectivity index (χ3n) is 4.21. The van der Waals surface area contributed by atoms with E-state index in [9.17, 15) is 14.8 Å². The quantitative estimate of drug-likeness (QED) is 0.139. The predicted octanol–water partition coefficient (Wildman–Crippen LogP) is 4.13. The molecule has 1 aliphatic heterocycles. The van der Waals surface area contributed by atoms with E-state index in [4.69, 9.17) is 39.5 Å². The molecule has 0 radical (unpaired) electrons. The minimum atomic E-state index is -1.72. The molecule has 0 aromatic heterocycles. The monoisotopic (exact) mass is 497 g/mol. The number of hydrogen-bond donors (Lipinski definition) is 2. The number of para-hydroxylation sites is 1. The van der Waals surface area contributed by atoms with Crippen molar-refractivity contribution < 1.29 is 23.8 Å². The zero-order chi connectivity index (χ0) is 22.1. The molecule has 1 aliphatic rings. The number of carbonyl (C=O) groups is 2. The molecular weight excluding hydrogens is 477 g/mol. The third kappa shape index (κ3) is 8.67. The van der Waals surface area contributed by atoms with Gasteiger partial charge >= 0.3 is 11.4 Å². The largest absolute Gasteiger partial charge is 0.624 e. The van der Waals surface area contributed by atoms with Gasteiger partial charge in [-0.1, -0.05) is 53.0 Å². The fourth-order valence-corrected chi connectivity index (χ4v) is 3.64. The Kier molecular flexibility index (Phi) is 9.67. The molecule has 12 heteroatoms. The molecule has 1 unspecified atom stereocenters. The first kappa shape index (κ1) is 24.7. The van der Waals surface area contributed by atoms with Gasteiger partial charge < -0.3 is 25.3 Å². The number of anilines is 1. The minimum Gasteiger partial charge on any atom is -0.624 e. The van der Waals surface area contributed by atoms with Crippen molar-refractivity contribution in [3.05, 3.63) is 35.0 Å². The van der Waals surface area contributed by atoms with Crippen molar-refractivity contribution in [1.82, 2.24) is 5.32 Å². The van der Waals surface area contributed by atoms with E-state index >= 15 is 0 Å². The highest BCUT2D eigenvalue weighted by Gasteiger charge is 2.24. The summed E-state index contributed by atoms with van der Waals surface area (Å²) in [6.45, 7) is 0.581. The van der Waals surface area contributed by atoms with Gasteiger partial charge in [-0.2, -0.15) is 0 Å². The Morgan fingerprint density at radius 1 is 1.43 bits per heavy atom. The van der Waals surface area contributed by atoms with Gasteiger partial charge in [0.15, 0.2) is 12.8 Å². The maximum atomic E-state index is 12.4. The molecule has 8 nitrogen and oxygen atoms in total. The highest BCUT2D eigenvalue weighted by Crippen LogP contribution is 2.33. The molecule has 1 amide bonds. The second kappa shape index (κ2) is 11.7. The molecule has 0 spiro atoms. The second-order valence-electron chi connectivity index (χ2n) is 6.45. The molecule has 1 aromatic carbocycles. The lowest BCUT2D eigenvalue weighted by molar-refractivity contribution is -0.455. The molecule has 0 bridgehead atoms. The number of fused-ring (bicyclic) bond motifs is 1. The molecule has 166 valence electrons. The Hall–Kier alpha value is -1.55. The summed E-state index contributed by atoms with van der Waals surface area (Å²) in [4.78, 5) is 23.3. The number of nitrogens with one attached hydrogen (secondary N) is 2. The Labute approximate surface area is 193 Å². The zero-order valence-corrected chi connectivity index (χ0v) is 19.2. The number of carbonyl (C=O) groups excluding carboxylic acids is 2. The number of hydrogen-bond acceptors (Lipinski definition) is 7. The van der Waals surface area contributed by atoms with E-state index in [0.29, 0.717) is 6.42 Å². The van der Waals surface area contributed by atoms with Crippen LogP contribution in [0.1, 0.15) is 17.9 Å². The van der Waals surface area contributed by atoms with Crippen molar-refractivity contribution in [2.24, 2.45) is 0 Å². The number of rotatable bonds is 8. The summed E-state index contributed by atoms with van der Waals surface area (Å²) < 4.78 is 8.41. The fraction of sp³-hybridized carbons (Fsp3) is 0.500. The van der Waals surface area contributed by atoms with Crippen LogP contribution in [-0.4, -0.2) is 64.7 Å². The SMILES string of the molecule is COC(=O)N[C@H](/C=[N+](\[O-])CCC1CNc2ccccc21)CSC(=O)OCC(Cl)(Cl)Cl. The summed E-state index contributed by atoms with van der Waals surface area (Å²) in [5.41, 5.74) is 2.27. The van der Waals surface area contributed by atoms with Crippen LogP contribution in [-0.2, 0) is 9.47 Å². The Morgan fingerprint density at radius 2 is 2.17 bits per heavy atom. The molecule has 2 N–H and O–H groups in total.